The molecule has 0 bridgehead atoms. The molecule has 0 rings (SSSR count). The standard InChI is InChI=1S/C21H40O2/c1-5-7-9-11-13-15-17-20(16-14-12-10-8-6-2)18-23-21(22)19(3)4/h20H,3,5-18H2,1-2,4H3. The molecule has 0 saturated heterocycles. The lowest BCUT2D eigenvalue weighted by Crippen LogP contribution is -2.15. The van der Waals surface area contributed by atoms with Crippen LogP contribution in [0.15, 0.2) is 12.2 Å². The van der Waals surface area contributed by atoms with Crippen molar-refractivity contribution in [3.63, 3.8) is 0 Å². The molecule has 136 valence electrons. The zero-order valence-electron chi connectivity index (χ0n) is 16.0. The van der Waals surface area contributed by atoms with Crippen molar-refractivity contribution < 1.29 is 9.53 Å². The van der Waals surface area contributed by atoms with Gasteiger partial charge in [-0.1, -0.05) is 91.1 Å². The molecule has 0 aliphatic carbocycles. The predicted octanol–water partition coefficient (Wildman–Crippen LogP) is 6.83. The van der Waals surface area contributed by atoms with Gasteiger partial charge in [0.2, 0.25) is 0 Å². The highest BCUT2D eigenvalue weighted by molar-refractivity contribution is 5.86. The number of esters is 1. The Bertz CT molecular complexity index is 296. The van der Waals surface area contributed by atoms with Gasteiger partial charge in [0.15, 0.2) is 0 Å². The first-order valence-electron chi connectivity index (χ1n) is 9.94. The van der Waals surface area contributed by atoms with Crippen molar-refractivity contribution in [3.8, 4) is 0 Å². The van der Waals surface area contributed by atoms with Crippen LogP contribution in [0.3, 0.4) is 0 Å². The lowest BCUT2D eigenvalue weighted by Gasteiger charge is -2.17. The van der Waals surface area contributed by atoms with E-state index in [0.717, 1.165) is 0 Å². The van der Waals surface area contributed by atoms with E-state index in [-0.39, 0.29) is 5.97 Å². The molecule has 0 aliphatic heterocycles. The molecule has 0 radical (unpaired) electrons. The highest BCUT2D eigenvalue weighted by atomic mass is 16.5. The summed E-state index contributed by atoms with van der Waals surface area (Å²) in [7, 11) is 0. The molecule has 0 fully saturated rings. The number of hydrogen-bond acceptors (Lipinski definition) is 2. The largest absolute Gasteiger partial charge is 0.462 e. The molecule has 23 heavy (non-hydrogen) atoms. The van der Waals surface area contributed by atoms with Crippen LogP contribution >= 0.6 is 0 Å². The van der Waals surface area contributed by atoms with Gasteiger partial charge in [-0.15, -0.1) is 0 Å². The minimum absolute atomic E-state index is 0.232. The van der Waals surface area contributed by atoms with Gasteiger partial charge < -0.3 is 4.74 Å². The third-order valence-electron chi connectivity index (χ3n) is 4.48. The maximum atomic E-state index is 11.6. The van der Waals surface area contributed by atoms with Gasteiger partial charge in [0.05, 0.1) is 6.61 Å². The van der Waals surface area contributed by atoms with Crippen molar-refractivity contribution in [2.75, 3.05) is 6.61 Å². The van der Waals surface area contributed by atoms with Gasteiger partial charge in [0, 0.05) is 5.57 Å². The summed E-state index contributed by atoms with van der Waals surface area (Å²) in [6.45, 7) is 10.5. The molecule has 2 nitrogen and oxygen atoms in total. The van der Waals surface area contributed by atoms with E-state index in [4.69, 9.17) is 4.74 Å². The molecule has 0 aromatic heterocycles. The Hall–Kier alpha value is -0.790. The Balaban J connectivity index is 3.95. The highest BCUT2D eigenvalue weighted by Gasteiger charge is 2.12. The summed E-state index contributed by atoms with van der Waals surface area (Å²) in [4.78, 5) is 11.6. The SMILES string of the molecule is C=C(C)C(=O)OCC(CCCCCCC)CCCCCCCC. The van der Waals surface area contributed by atoms with Gasteiger partial charge in [-0.3, -0.25) is 0 Å². The number of ether oxygens (including phenoxy) is 1. The van der Waals surface area contributed by atoms with Gasteiger partial charge in [0.1, 0.15) is 0 Å². The normalized spacial score (nSPS) is 12.1. The average molecular weight is 325 g/mol. The van der Waals surface area contributed by atoms with E-state index in [1.54, 1.807) is 6.92 Å². The van der Waals surface area contributed by atoms with E-state index < -0.39 is 0 Å². The molecule has 0 N–H and O–H groups in total. The lowest BCUT2D eigenvalue weighted by atomic mass is 9.95. The Morgan fingerprint density at radius 1 is 0.826 bits per heavy atom. The second-order valence-corrected chi connectivity index (χ2v) is 7.00. The van der Waals surface area contributed by atoms with Crippen LogP contribution in [0.25, 0.3) is 0 Å². The van der Waals surface area contributed by atoms with E-state index in [2.05, 4.69) is 20.4 Å². The molecule has 1 unspecified atom stereocenters. The van der Waals surface area contributed by atoms with Gasteiger partial charge in [0.25, 0.3) is 0 Å². The van der Waals surface area contributed by atoms with Crippen LogP contribution in [-0.2, 0) is 9.53 Å². The summed E-state index contributed by atoms with van der Waals surface area (Å²) < 4.78 is 5.40. The van der Waals surface area contributed by atoms with Crippen LogP contribution in [0.4, 0.5) is 0 Å². The molecule has 0 saturated carbocycles. The first kappa shape index (κ1) is 22.2. The van der Waals surface area contributed by atoms with Crippen LogP contribution in [0.1, 0.15) is 104 Å². The van der Waals surface area contributed by atoms with Gasteiger partial charge in [-0.2, -0.15) is 0 Å². The summed E-state index contributed by atoms with van der Waals surface area (Å²) in [5, 5.41) is 0. The predicted molar refractivity (Wildman–Crippen MR) is 101 cm³/mol. The topological polar surface area (TPSA) is 26.3 Å². The Morgan fingerprint density at radius 3 is 1.70 bits per heavy atom. The second-order valence-electron chi connectivity index (χ2n) is 7.00. The molecule has 0 amide bonds. The monoisotopic (exact) mass is 324 g/mol. The summed E-state index contributed by atoms with van der Waals surface area (Å²) in [5.74, 6) is 0.301. The van der Waals surface area contributed by atoms with Crippen LogP contribution in [0.5, 0.6) is 0 Å². The second kappa shape index (κ2) is 16.1. The van der Waals surface area contributed by atoms with Gasteiger partial charge in [-0.25, -0.2) is 4.79 Å². The fourth-order valence-electron chi connectivity index (χ4n) is 2.88. The molecular formula is C21H40O2. The van der Waals surface area contributed by atoms with Gasteiger partial charge >= 0.3 is 5.97 Å². The fourth-order valence-corrected chi connectivity index (χ4v) is 2.88. The smallest absolute Gasteiger partial charge is 0.333 e. The molecule has 0 aromatic carbocycles. The van der Waals surface area contributed by atoms with Crippen molar-refractivity contribution in [1.82, 2.24) is 0 Å². The molecule has 0 heterocycles. The number of carbonyl (C=O) groups is 1. The number of unbranched alkanes of at least 4 members (excludes halogenated alkanes) is 9. The van der Waals surface area contributed by atoms with E-state index >= 15 is 0 Å². The third kappa shape index (κ3) is 14.5. The zero-order chi connectivity index (χ0) is 17.3. The number of rotatable bonds is 16. The fraction of sp³-hybridized carbons (Fsp3) is 0.857. The minimum atomic E-state index is -0.232. The summed E-state index contributed by atoms with van der Waals surface area (Å²) in [5.41, 5.74) is 0.506. The molecule has 0 aromatic rings. The van der Waals surface area contributed by atoms with Crippen LogP contribution < -0.4 is 0 Å². The Labute approximate surface area is 145 Å². The van der Waals surface area contributed by atoms with Crippen molar-refractivity contribution in [2.45, 2.75) is 104 Å². The average Bonchev–Trinajstić information content (AvgIpc) is 2.54. The quantitative estimate of drug-likeness (QED) is 0.177. The zero-order valence-corrected chi connectivity index (χ0v) is 16.0. The molecular weight excluding hydrogens is 284 g/mol. The van der Waals surface area contributed by atoms with Crippen molar-refractivity contribution in [2.24, 2.45) is 5.92 Å². The Kier molecular flexibility index (Phi) is 15.5. The van der Waals surface area contributed by atoms with Crippen molar-refractivity contribution >= 4 is 5.97 Å². The molecule has 0 spiro atoms. The summed E-state index contributed by atoms with van der Waals surface area (Å²) in [6.07, 6.45) is 16.9. The van der Waals surface area contributed by atoms with Crippen LogP contribution in [0, 0.1) is 5.92 Å². The summed E-state index contributed by atoms with van der Waals surface area (Å²) >= 11 is 0. The maximum Gasteiger partial charge on any atom is 0.333 e. The van der Waals surface area contributed by atoms with E-state index in [0.29, 0.717) is 18.1 Å². The first-order valence-corrected chi connectivity index (χ1v) is 9.94. The van der Waals surface area contributed by atoms with E-state index in [1.807, 2.05) is 0 Å². The van der Waals surface area contributed by atoms with Gasteiger partial charge in [-0.05, 0) is 25.7 Å². The molecule has 2 heteroatoms. The van der Waals surface area contributed by atoms with Crippen molar-refractivity contribution in [1.29, 1.82) is 0 Å². The third-order valence-corrected chi connectivity index (χ3v) is 4.48. The molecule has 0 aliphatic rings. The summed E-state index contributed by atoms with van der Waals surface area (Å²) in [6, 6.07) is 0. The highest BCUT2D eigenvalue weighted by Crippen LogP contribution is 2.20. The van der Waals surface area contributed by atoms with E-state index in [9.17, 15) is 4.79 Å². The van der Waals surface area contributed by atoms with E-state index in [1.165, 1.54) is 83.5 Å². The lowest BCUT2D eigenvalue weighted by molar-refractivity contribution is -0.140. The Morgan fingerprint density at radius 2 is 1.26 bits per heavy atom. The maximum absolute atomic E-state index is 11.6. The van der Waals surface area contributed by atoms with Crippen molar-refractivity contribution in [3.05, 3.63) is 12.2 Å². The molecule has 1 atom stereocenters. The minimum Gasteiger partial charge on any atom is -0.462 e. The first-order chi connectivity index (χ1) is 11.1. The number of carbonyl (C=O) groups excluding carboxylic acids is 1. The van der Waals surface area contributed by atoms with Crippen LogP contribution in [0.2, 0.25) is 0 Å². The van der Waals surface area contributed by atoms with Crippen LogP contribution in [-0.4, -0.2) is 12.6 Å². The number of hydrogen-bond donors (Lipinski definition) is 0.